The van der Waals surface area contributed by atoms with Crippen LogP contribution >= 0.6 is 0 Å². The van der Waals surface area contributed by atoms with Gasteiger partial charge in [-0.15, -0.1) is 0 Å². The number of ether oxygens (including phenoxy) is 2. The van der Waals surface area contributed by atoms with Crippen LogP contribution < -0.4 is 19.3 Å². The Balaban J connectivity index is 1.97. The van der Waals surface area contributed by atoms with Crippen LogP contribution in [0.15, 0.2) is 48.5 Å². The lowest BCUT2D eigenvalue weighted by atomic mass is 10.3. The molecule has 0 amide bonds. The SMILES string of the molecule is CCC[Si](CCC)(CCCOc1cccc(N(C)C)c1)O[Si+2]O[Si](CCC)(CCC)CCCOc1cccc(N(C)C)c1. The molecule has 9 heteroatoms. The van der Waals surface area contributed by atoms with Crippen LogP contribution in [0.1, 0.15) is 66.2 Å². The van der Waals surface area contributed by atoms with E-state index in [-0.39, 0.29) is 10.0 Å². The molecule has 240 valence electrons. The van der Waals surface area contributed by atoms with E-state index in [1.165, 1.54) is 49.9 Å². The highest BCUT2D eigenvalue weighted by molar-refractivity contribution is 6.80. The normalized spacial score (nSPS) is 11.7. The Kier molecular flexibility index (Phi) is 17.6. The van der Waals surface area contributed by atoms with E-state index >= 15 is 0 Å². The summed E-state index contributed by atoms with van der Waals surface area (Å²) >= 11 is 0. The van der Waals surface area contributed by atoms with Crippen molar-refractivity contribution in [2.75, 3.05) is 51.2 Å². The summed E-state index contributed by atoms with van der Waals surface area (Å²) in [5.74, 6) is 1.89. The van der Waals surface area contributed by atoms with E-state index < -0.39 is 16.6 Å². The molecule has 0 radical (unpaired) electrons. The van der Waals surface area contributed by atoms with Crippen molar-refractivity contribution in [3.05, 3.63) is 48.5 Å². The number of nitrogens with zero attached hydrogens (tertiary/aromatic N) is 2. The Hall–Kier alpha value is -1.79. The summed E-state index contributed by atoms with van der Waals surface area (Å²) < 4.78 is 26.3. The number of anilines is 2. The standard InChI is InChI=1S/C34H60N2O4Si3/c1-9-23-42(24-10-2,27-15-21-37-33-19-13-17-31(29-33)35(5)6)39-41-40-43(25-11-3,26-12-4)28-16-22-38-34-20-14-18-32(30-34)36(7)8/h13-14,17-20,29-30H,9-12,15-16,21-28H2,1-8H3/q+2. The van der Waals surface area contributed by atoms with Crippen LogP contribution in [0.25, 0.3) is 0 Å². The van der Waals surface area contributed by atoms with E-state index in [2.05, 4.69) is 114 Å². The molecule has 2 aromatic carbocycles. The fraction of sp³-hybridized carbons (Fsp3) is 0.647. The van der Waals surface area contributed by atoms with Gasteiger partial charge in [-0.25, -0.2) is 0 Å². The van der Waals surface area contributed by atoms with Gasteiger partial charge in [-0.1, -0.05) is 73.7 Å². The van der Waals surface area contributed by atoms with Gasteiger partial charge in [0.15, 0.2) is 0 Å². The van der Waals surface area contributed by atoms with Gasteiger partial charge in [0.2, 0.25) is 0 Å². The monoisotopic (exact) mass is 644 g/mol. The molecule has 0 bridgehead atoms. The first-order chi connectivity index (χ1) is 20.7. The zero-order chi connectivity index (χ0) is 31.6. The van der Waals surface area contributed by atoms with Crippen LogP contribution in [-0.4, -0.2) is 68.0 Å². The average molecular weight is 645 g/mol. The van der Waals surface area contributed by atoms with E-state index in [0.29, 0.717) is 0 Å². The third-order valence-corrected chi connectivity index (χ3v) is 20.4. The smallest absolute Gasteiger partial charge is 0.494 e. The van der Waals surface area contributed by atoms with Crippen LogP contribution in [0.4, 0.5) is 11.4 Å². The maximum atomic E-state index is 6.95. The van der Waals surface area contributed by atoms with Gasteiger partial charge in [0.05, 0.1) is 13.2 Å². The van der Waals surface area contributed by atoms with Gasteiger partial charge < -0.3 is 19.3 Å². The molecule has 0 aliphatic heterocycles. The molecule has 0 aromatic heterocycles. The molecule has 2 rings (SSSR count). The molecule has 0 spiro atoms. The first kappa shape index (κ1) is 37.4. The number of hydrogen-bond acceptors (Lipinski definition) is 6. The lowest BCUT2D eigenvalue weighted by Gasteiger charge is -2.23. The minimum absolute atomic E-state index is 0.165. The molecule has 0 N–H and O–H groups in total. The summed E-state index contributed by atoms with van der Waals surface area (Å²) in [7, 11) is 4.59. The lowest BCUT2D eigenvalue weighted by molar-refractivity contribution is 0.312. The largest absolute Gasteiger partial charge is 1.44 e. The van der Waals surface area contributed by atoms with Gasteiger partial charge in [0, 0.05) is 51.7 Å². The van der Waals surface area contributed by atoms with Crippen molar-refractivity contribution in [2.45, 2.75) is 102 Å². The number of benzene rings is 2. The Labute approximate surface area is 268 Å². The maximum absolute atomic E-state index is 6.95. The highest BCUT2D eigenvalue weighted by Gasteiger charge is 2.64. The van der Waals surface area contributed by atoms with Crippen molar-refractivity contribution < 1.29 is 17.7 Å². The predicted molar refractivity (Wildman–Crippen MR) is 191 cm³/mol. The number of hydrogen-bond donors (Lipinski definition) is 0. The van der Waals surface area contributed by atoms with Gasteiger partial charge in [-0.05, 0) is 73.4 Å². The summed E-state index contributed by atoms with van der Waals surface area (Å²) in [6, 6.07) is 23.8. The molecule has 0 unspecified atom stereocenters. The summed E-state index contributed by atoms with van der Waals surface area (Å²) in [4.78, 5) is 4.22. The molecular weight excluding hydrogens is 585 g/mol. The van der Waals surface area contributed by atoms with E-state index in [1.807, 2.05) is 0 Å². The lowest BCUT2D eigenvalue weighted by Crippen LogP contribution is -2.45. The second-order valence-electron chi connectivity index (χ2n) is 12.3. The summed E-state index contributed by atoms with van der Waals surface area (Å²) in [5.41, 5.74) is 2.33. The van der Waals surface area contributed by atoms with Crippen molar-refractivity contribution in [1.29, 1.82) is 0 Å². The number of rotatable bonds is 24. The third-order valence-electron chi connectivity index (χ3n) is 8.10. The fourth-order valence-electron chi connectivity index (χ4n) is 5.95. The van der Waals surface area contributed by atoms with Gasteiger partial charge in [0.25, 0.3) is 16.6 Å². The van der Waals surface area contributed by atoms with E-state index in [1.54, 1.807) is 0 Å². The fourth-order valence-corrected chi connectivity index (χ4v) is 17.1. The van der Waals surface area contributed by atoms with E-state index in [9.17, 15) is 0 Å². The van der Waals surface area contributed by atoms with Crippen molar-refractivity contribution >= 4 is 38.0 Å². The van der Waals surface area contributed by atoms with Crippen LogP contribution in [0.5, 0.6) is 11.5 Å². The van der Waals surface area contributed by atoms with E-state index in [0.717, 1.165) is 61.0 Å². The van der Waals surface area contributed by atoms with Gasteiger partial charge >= 0.3 is 10.0 Å². The third kappa shape index (κ3) is 13.4. The molecule has 43 heavy (non-hydrogen) atoms. The van der Waals surface area contributed by atoms with Crippen LogP contribution in [0.2, 0.25) is 36.3 Å². The van der Waals surface area contributed by atoms with Crippen molar-refractivity contribution in [3.63, 3.8) is 0 Å². The Morgan fingerprint density at radius 3 is 1.26 bits per heavy atom. The molecule has 2 aromatic rings. The average Bonchev–Trinajstić information content (AvgIpc) is 2.98. The summed E-state index contributed by atoms with van der Waals surface area (Å²) in [6.45, 7) is 10.7. The molecule has 0 heterocycles. The van der Waals surface area contributed by atoms with Gasteiger partial charge in [-0.3, -0.25) is 0 Å². The second-order valence-corrected chi connectivity index (χ2v) is 21.9. The molecule has 0 aliphatic rings. The first-order valence-corrected chi connectivity index (χ1v) is 22.5. The Morgan fingerprint density at radius 1 is 0.558 bits per heavy atom. The molecule has 0 saturated heterocycles. The van der Waals surface area contributed by atoms with Gasteiger partial charge in [0.1, 0.15) is 11.5 Å². The first-order valence-electron chi connectivity index (χ1n) is 16.6. The maximum Gasteiger partial charge on any atom is 1.44 e. The molecule has 6 nitrogen and oxygen atoms in total. The van der Waals surface area contributed by atoms with Crippen molar-refractivity contribution in [1.82, 2.24) is 0 Å². The summed E-state index contributed by atoms with van der Waals surface area (Å²) in [6.07, 6.45) is 6.73. The topological polar surface area (TPSA) is 43.4 Å². The highest BCUT2D eigenvalue weighted by Crippen LogP contribution is 2.31. The van der Waals surface area contributed by atoms with Crippen LogP contribution in [-0.2, 0) is 8.23 Å². The Morgan fingerprint density at radius 2 is 0.930 bits per heavy atom. The van der Waals surface area contributed by atoms with Crippen LogP contribution in [0, 0.1) is 0 Å². The van der Waals surface area contributed by atoms with Crippen molar-refractivity contribution in [3.8, 4) is 11.5 Å². The molecule has 0 aliphatic carbocycles. The highest BCUT2D eigenvalue weighted by atomic mass is 28.4. The zero-order valence-corrected chi connectivity index (χ0v) is 31.5. The predicted octanol–water partition coefficient (Wildman–Crippen LogP) is 9.16. The molecule has 0 atom stereocenters. The molecular formula is C34H60N2O4Si3+2. The minimum Gasteiger partial charge on any atom is -0.494 e. The minimum atomic E-state index is -1.91. The quantitative estimate of drug-likeness (QED) is 0.0839. The second kappa shape index (κ2) is 20.3. The van der Waals surface area contributed by atoms with Gasteiger partial charge in [-0.2, -0.15) is 0 Å². The molecule has 0 saturated carbocycles. The van der Waals surface area contributed by atoms with E-state index in [4.69, 9.17) is 17.7 Å². The summed E-state index contributed by atoms with van der Waals surface area (Å²) in [5, 5.41) is 0. The van der Waals surface area contributed by atoms with Crippen LogP contribution in [0.3, 0.4) is 0 Å². The zero-order valence-electron chi connectivity index (χ0n) is 28.5. The Bertz CT molecular complexity index is 933. The molecule has 0 fully saturated rings. The van der Waals surface area contributed by atoms with Crippen molar-refractivity contribution in [2.24, 2.45) is 0 Å².